The zero-order valence-electron chi connectivity index (χ0n) is 14.4. The molecule has 0 radical (unpaired) electrons. The first kappa shape index (κ1) is 17.5. The van der Waals surface area contributed by atoms with Crippen molar-refractivity contribution in [2.75, 3.05) is 18.0 Å². The molecule has 142 valence electrons. The van der Waals surface area contributed by atoms with Crippen molar-refractivity contribution in [2.24, 2.45) is 10.7 Å². The summed E-state index contributed by atoms with van der Waals surface area (Å²) in [6.45, 7) is 1.55. The number of anilines is 1. The molecule has 1 atom stereocenters. The molecule has 1 saturated heterocycles. The Bertz CT molecular complexity index is 865. The lowest BCUT2D eigenvalue weighted by atomic mass is 10.1. The van der Waals surface area contributed by atoms with Gasteiger partial charge < -0.3 is 20.1 Å². The van der Waals surface area contributed by atoms with Crippen molar-refractivity contribution in [3.05, 3.63) is 48.0 Å². The van der Waals surface area contributed by atoms with Gasteiger partial charge >= 0.3 is 6.36 Å². The molecule has 2 aromatic carbocycles. The summed E-state index contributed by atoms with van der Waals surface area (Å²) in [4.78, 5) is 6.51. The molecule has 2 N–H and O–H groups in total. The quantitative estimate of drug-likeness (QED) is 0.881. The average molecular weight is 377 g/mol. The second-order valence-electron chi connectivity index (χ2n) is 6.59. The number of ether oxygens (including phenoxy) is 2. The Kier molecular flexibility index (Phi) is 4.33. The molecule has 8 heteroatoms. The number of hydrogen-bond donors (Lipinski definition) is 1. The van der Waals surface area contributed by atoms with Crippen LogP contribution >= 0.6 is 0 Å². The summed E-state index contributed by atoms with van der Waals surface area (Å²) in [5, 5.41) is 0. The number of rotatable bonds is 4. The van der Waals surface area contributed by atoms with E-state index in [-0.39, 0.29) is 11.9 Å². The Labute approximate surface area is 154 Å². The van der Waals surface area contributed by atoms with Crippen molar-refractivity contribution in [3.63, 3.8) is 0 Å². The molecular formula is C19H18F3N3O2. The molecule has 0 spiro atoms. The van der Waals surface area contributed by atoms with Crippen molar-refractivity contribution in [3.8, 4) is 11.5 Å². The van der Waals surface area contributed by atoms with Crippen LogP contribution in [0.2, 0.25) is 0 Å². The van der Waals surface area contributed by atoms with Crippen molar-refractivity contribution in [2.45, 2.75) is 25.3 Å². The summed E-state index contributed by atoms with van der Waals surface area (Å²) in [6.07, 6.45) is -3.23. The van der Waals surface area contributed by atoms with Gasteiger partial charge in [0.05, 0.1) is 12.2 Å². The number of alkyl halides is 3. The normalized spacial score (nSPS) is 19.0. The van der Waals surface area contributed by atoms with Crippen molar-refractivity contribution >= 4 is 17.2 Å². The minimum atomic E-state index is -4.69. The van der Waals surface area contributed by atoms with Crippen LogP contribution in [0.1, 0.15) is 12.0 Å². The van der Waals surface area contributed by atoms with Gasteiger partial charge in [-0.15, -0.1) is 13.2 Å². The maximum Gasteiger partial charge on any atom is 0.573 e. The molecule has 1 fully saturated rings. The second kappa shape index (κ2) is 6.68. The van der Waals surface area contributed by atoms with Gasteiger partial charge in [0.2, 0.25) is 0 Å². The molecule has 0 amide bonds. The second-order valence-corrected chi connectivity index (χ2v) is 6.59. The third-order valence-corrected chi connectivity index (χ3v) is 4.57. The van der Waals surface area contributed by atoms with Crippen molar-refractivity contribution in [1.82, 2.24) is 0 Å². The Hall–Kier alpha value is -2.90. The highest BCUT2D eigenvalue weighted by Crippen LogP contribution is 2.32. The van der Waals surface area contributed by atoms with E-state index in [1.807, 2.05) is 12.1 Å². The van der Waals surface area contributed by atoms with E-state index in [0.29, 0.717) is 24.6 Å². The van der Waals surface area contributed by atoms with E-state index in [1.54, 1.807) is 0 Å². The van der Waals surface area contributed by atoms with Crippen LogP contribution in [0.3, 0.4) is 0 Å². The number of hydrogen-bond acceptors (Lipinski definition) is 5. The SMILES string of the molecule is NC1=Nc2ccc(N3CCC(Oc4ccc(OC(F)(F)F)cc4)C3)cc2C1. The third-order valence-electron chi connectivity index (χ3n) is 4.57. The molecule has 1 unspecified atom stereocenters. The molecule has 2 aliphatic rings. The Morgan fingerprint density at radius 2 is 1.81 bits per heavy atom. The fraction of sp³-hybridized carbons (Fsp3) is 0.316. The zero-order valence-corrected chi connectivity index (χ0v) is 14.4. The number of nitrogens with zero attached hydrogens (tertiary/aromatic N) is 2. The first-order chi connectivity index (χ1) is 12.9. The summed E-state index contributed by atoms with van der Waals surface area (Å²) < 4.78 is 46.4. The lowest BCUT2D eigenvalue weighted by Gasteiger charge is -2.20. The number of amidine groups is 1. The standard InChI is InChI=1S/C19H18F3N3O2/c20-19(21,22)27-15-4-2-14(3-5-15)26-16-7-8-25(11-16)13-1-6-17-12(9-13)10-18(23)24-17/h1-6,9,16H,7-8,10-11H2,(H2,23,24). The van der Waals surface area contributed by atoms with E-state index in [1.165, 1.54) is 24.3 Å². The lowest BCUT2D eigenvalue weighted by Crippen LogP contribution is -2.24. The first-order valence-electron chi connectivity index (χ1n) is 8.59. The van der Waals surface area contributed by atoms with E-state index in [0.717, 1.165) is 29.9 Å². The first-order valence-corrected chi connectivity index (χ1v) is 8.59. The Morgan fingerprint density at radius 1 is 1.07 bits per heavy atom. The van der Waals surface area contributed by atoms with Crippen molar-refractivity contribution in [1.29, 1.82) is 0 Å². The number of nitrogens with two attached hydrogens (primary N) is 1. The Balaban J connectivity index is 1.36. The fourth-order valence-corrected chi connectivity index (χ4v) is 3.38. The van der Waals surface area contributed by atoms with Gasteiger partial charge in [-0.25, -0.2) is 4.99 Å². The summed E-state index contributed by atoms with van der Waals surface area (Å²) in [5.74, 6) is 0.886. The van der Waals surface area contributed by atoms with E-state index < -0.39 is 6.36 Å². The van der Waals surface area contributed by atoms with Crippen LogP contribution in [0.25, 0.3) is 0 Å². The third kappa shape index (κ3) is 4.10. The maximum absolute atomic E-state index is 12.2. The molecular weight excluding hydrogens is 359 g/mol. The summed E-state index contributed by atoms with van der Waals surface area (Å²) in [5.41, 5.74) is 8.92. The van der Waals surface area contributed by atoms with E-state index in [2.05, 4.69) is 20.7 Å². The minimum Gasteiger partial charge on any atom is -0.489 e. The van der Waals surface area contributed by atoms with Gasteiger partial charge in [-0.1, -0.05) is 0 Å². The summed E-state index contributed by atoms with van der Waals surface area (Å²) >= 11 is 0. The summed E-state index contributed by atoms with van der Waals surface area (Å²) in [6, 6.07) is 11.6. The molecule has 5 nitrogen and oxygen atoms in total. The van der Waals surface area contributed by atoms with Gasteiger partial charge in [0, 0.05) is 25.1 Å². The Morgan fingerprint density at radius 3 is 2.56 bits per heavy atom. The zero-order chi connectivity index (χ0) is 19.0. The van der Waals surface area contributed by atoms with Crippen LogP contribution in [0.4, 0.5) is 24.5 Å². The van der Waals surface area contributed by atoms with E-state index in [4.69, 9.17) is 10.5 Å². The molecule has 0 saturated carbocycles. The monoisotopic (exact) mass is 377 g/mol. The van der Waals surface area contributed by atoms with Crippen LogP contribution in [0, 0.1) is 0 Å². The number of halogens is 3. The average Bonchev–Trinajstić information content (AvgIpc) is 3.20. The van der Waals surface area contributed by atoms with Gasteiger partial charge in [-0.2, -0.15) is 0 Å². The predicted molar refractivity (Wildman–Crippen MR) is 95.8 cm³/mol. The van der Waals surface area contributed by atoms with Crippen LogP contribution in [-0.4, -0.2) is 31.4 Å². The number of benzene rings is 2. The predicted octanol–water partition coefficient (Wildman–Crippen LogP) is 3.79. The topological polar surface area (TPSA) is 60.1 Å². The van der Waals surface area contributed by atoms with Crippen LogP contribution in [0.15, 0.2) is 47.5 Å². The highest BCUT2D eigenvalue weighted by Gasteiger charge is 2.31. The van der Waals surface area contributed by atoms with Gasteiger partial charge in [0.1, 0.15) is 23.4 Å². The summed E-state index contributed by atoms with van der Waals surface area (Å²) in [7, 11) is 0. The van der Waals surface area contributed by atoms with Crippen molar-refractivity contribution < 1.29 is 22.6 Å². The largest absolute Gasteiger partial charge is 0.573 e. The molecule has 0 aliphatic carbocycles. The van der Waals surface area contributed by atoms with Crippen LogP contribution in [0.5, 0.6) is 11.5 Å². The van der Waals surface area contributed by atoms with Gasteiger partial charge in [-0.05, 0) is 48.0 Å². The van der Waals surface area contributed by atoms with E-state index in [9.17, 15) is 13.2 Å². The molecule has 2 heterocycles. The highest BCUT2D eigenvalue weighted by molar-refractivity contribution is 5.91. The lowest BCUT2D eigenvalue weighted by molar-refractivity contribution is -0.274. The highest BCUT2D eigenvalue weighted by atomic mass is 19.4. The molecule has 2 aromatic rings. The molecule has 4 rings (SSSR count). The molecule has 0 bridgehead atoms. The smallest absolute Gasteiger partial charge is 0.489 e. The molecule has 27 heavy (non-hydrogen) atoms. The minimum absolute atomic E-state index is 0.0334. The maximum atomic E-state index is 12.2. The molecule has 2 aliphatic heterocycles. The van der Waals surface area contributed by atoms with Crippen LogP contribution < -0.4 is 20.1 Å². The van der Waals surface area contributed by atoms with Gasteiger partial charge in [0.25, 0.3) is 0 Å². The van der Waals surface area contributed by atoms with Gasteiger partial charge in [-0.3, -0.25) is 0 Å². The number of aliphatic imine (C=N–C) groups is 1. The molecule has 0 aromatic heterocycles. The van der Waals surface area contributed by atoms with Crippen LogP contribution in [-0.2, 0) is 6.42 Å². The van der Waals surface area contributed by atoms with Gasteiger partial charge in [0.15, 0.2) is 0 Å². The van der Waals surface area contributed by atoms with E-state index >= 15 is 0 Å². The number of fused-ring (bicyclic) bond motifs is 1. The fourth-order valence-electron chi connectivity index (χ4n) is 3.38.